The fourth-order valence-electron chi connectivity index (χ4n) is 4.07. The van der Waals surface area contributed by atoms with Crippen molar-refractivity contribution < 1.29 is 19.0 Å². The standard InChI is InChI=1S/C28H26ClNO4/c1-17(2)26(21-11-12-23-24(14-21)33-16-32-23)28(31)34-25(15-30)20-5-4-6-22(13-20)27(29)19-9-7-18(3)8-10-19/h4-14,17,25-27H,16H2,1-3H3. The second-order valence-corrected chi connectivity index (χ2v) is 9.16. The van der Waals surface area contributed by atoms with Gasteiger partial charge in [-0.25, -0.2) is 0 Å². The Morgan fingerprint density at radius 3 is 2.32 bits per heavy atom. The van der Waals surface area contributed by atoms with Crippen LogP contribution in [0.2, 0.25) is 0 Å². The van der Waals surface area contributed by atoms with Crippen molar-refractivity contribution in [3.05, 3.63) is 94.5 Å². The highest BCUT2D eigenvalue weighted by Crippen LogP contribution is 2.38. The quantitative estimate of drug-likeness (QED) is 0.284. The summed E-state index contributed by atoms with van der Waals surface area (Å²) in [4.78, 5) is 13.2. The van der Waals surface area contributed by atoms with Crippen molar-refractivity contribution >= 4 is 17.6 Å². The van der Waals surface area contributed by atoms with Crippen molar-refractivity contribution in [3.63, 3.8) is 0 Å². The van der Waals surface area contributed by atoms with Gasteiger partial charge in [-0.3, -0.25) is 4.79 Å². The summed E-state index contributed by atoms with van der Waals surface area (Å²) < 4.78 is 16.6. The molecule has 0 aromatic heterocycles. The van der Waals surface area contributed by atoms with E-state index in [1.807, 2.05) is 69.3 Å². The molecule has 34 heavy (non-hydrogen) atoms. The Kier molecular flexibility index (Phi) is 7.09. The normalized spacial score (nSPS) is 14.8. The molecule has 3 aromatic rings. The molecule has 1 heterocycles. The zero-order valence-corrected chi connectivity index (χ0v) is 20.1. The van der Waals surface area contributed by atoms with E-state index in [-0.39, 0.29) is 18.1 Å². The average Bonchev–Trinajstić information content (AvgIpc) is 3.30. The molecule has 5 nitrogen and oxygen atoms in total. The van der Waals surface area contributed by atoms with Crippen LogP contribution >= 0.6 is 11.6 Å². The largest absolute Gasteiger partial charge is 0.454 e. The second-order valence-electron chi connectivity index (χ2n) is 8.72. The topological polar surface area (TPSA) is 68.5 Å². The van der Waals surface area contributed by atoms with E-state index in [0.29, 0.717) is 17.1 Å². The minimum absolute atomic E-state index is 0.0488. The second kappa shape index (κ2) is 10.2. The molecule has 0 aliphatic carbocycles. The lowest BCUT2D eigenvalue weighted by atomic mass is 9.88. The van der Waals surface area contributed by atoms with Gasteiger partial charge in [0.1, 0.15) is 6.07 Å². The summed E-state index contributed by atoms with van der Waals surface area (Å²) in [5, 5.41) is 9.44. The third-order valence-corrected chi connectivity index (χ3v) is 6.41. The number of nitriles is 1. The molecule has 0 saturated carbocycles. The number of esters is 1. The van der Waals surface area contributed by atoms with Crippen molar-refractivity contribution in [2.75, 3.05) is 6.79 Å². The lowest BCUT2D eigenvalue weighted by Crippen LogP contribution is -2.22. The van der Waals surface area contributed by atoms with Crippen molar-refractivity contribution in [1.29, 1.82) is 5.26 Å². The summed E-state index contributed by atoms with van der Waals surface area (Å²) >= 11 is 6.72. The summed E-state index contributed by atoms with van der Waals surface area (Å²) in [6.07, 6.45) is -1.05. The molecule has 0 N–H and O–H groups in total. The molecule has 3 unspecified atom stereocenters. The summed E-state index contributed by atoms with van der Waals surface area (Å²) in [5.74, 6) is 0.182. The minimum Gasteiger partial charge on any atom is -0.454 e. The van der Waals surface area contributed by atoms with Gasteiger partial charge in [0.2, 0.25) is 12.9 Å². The molecule has 0 fully saturated rings. The average molecular weight is 476 g/mol. The number of carbonyl (C=O) groups excluding carboxylic acids is 1. The van der Waals surface area contributed by atoms with Gasteiger partial charge >= 0.3 is 5.97 Å². The van der Waals surface area contributed by atoms with E-state index >= 15 is 0 Å². The summed E-state index contributed by atoms with van der Waals surface area (Å²) in [6.45, 7) is 6.07. The fourth-order valence-corrected chi connectivity index (χ4v) is 4.35. The number of ether oxygens (including phenoxy) is 3. The van der Waals surface area contributed by atoms with E-state index in [0.717, 1.165) is 22.3 Å². The maximum Gasteiger partial charge on any atom is 0.315 e. The molecule has 6 heteroatoms. The van der Waals surface area contributed by atoms with Crippen LogP contribution in [0.15, 0.2) is 66.7 Å². The smallest absolute Gasteiger partial charge is 0.315 e. The van der Waals surface area contributed by atoms with Crippen molar-refractivity contribution in [2.24, 2.45) is 5.92 Å². The Morgan fingerprint density at radius 1 is 0.941 bits per heavy atom. The zero-order valence-electron chi connectivity index (χ0n) is 19.3. The van der Waals surface area contributed by atoms with Crippen LogP contribution in [0.5, 0.6) is 11.5 Å². The number of rotatable bonds is 7. The molecule has 0 amide bonds. The number of hydrogen-bond acceptors (Lipinski definition) is 5. The number of alkyl halides is 1. The Morgan fingerprint density at radius 2 is 1.62 bits per heavy atom. The van der Waals surface area contributed by atoms with Crippen molar-refractivity contribution in [1.82, 2.24) is 0 Å². The van der Waals surface area contributed by atoms with Gasteiger partial charge in [-0.2, -0.15) is 5.26 Å². The first-order valence-corrected chi connectivity index (χ1v) is 11.6. The van der Waals surface area contributed by atoms with Gasteiger partial charge in [0.05, 0.1) is 11.3 Å². The minimum atomic E-state index is -1.05. The van der Waals surface area contributed by atoms with Gasteiger partial charge < -0.3 is 14.2 Å². The third kappa shape index (κ3) is 5.03. The highest BCUT2D eigenvalue weighted by molar-refractivity contribution is 6.22. The predicted molar refractivity (Wildman–Crippen MR) is 130 cm³/mol. The van der Waals surface area contributed by atoms with Gasteiger partial charge in [-0.1, -0.05) is 67.9 Å². The molecule has 3 atom stereocenters. The monoisotopic (exact) mass is 475 g/mol. The zero-order chi connectivity index (χ0) is 24.2. The van der Waals surface area contributed by atoms with E-state index in [2.05, 4.69) is 6.07 Å². The van der Waals surface area contributed by atoms with Gasteiger partial charge in [-0.15, -0.1) is 11.6 Å². The number of hydrogen-bond donors (Lipinski definition) is 0. The van der Waals surface area contributed by atoms with Crippen LogP contribution in [0.1, 0.15) is 59.1 Å². The number of benzene rings is 3. The molecule has 1 aliphatic rings. The van der Waals surface area contributed by atoms with Crippen LogP contribution in [0.25, 0.3) is 0 Å². The van der Waals surface area contributed by atoms with Gasteiger partial charge in [0.15, 0.2) is 11.5 Å². The Balaban J connectivity index is 1.55. The van der Waals surface area contributed by atoms with E-state index in [1.165, 1.54) is 0 Å². The first-order chi connectivity index (χ1) is 16.4. The first-order valence-electron chi connectivity index (χ1n) is 11.2. The highest BCUT2D eigenvalue weighted by atomic mass is 35.5. The molecule has 0 saturated heterocycles. The summed E-state index contributed by atoms with van der Waals surface area (Å²) in [6, 6.07) is 22.9. The molecule has 4 rings (SSSR count). The molecular formula is C28H26ClNO4. The maximum atomic E-state index is 13.2. The molecule has 1 aliphatic heterocycles. The van der Waals surface area contributed by atoms with E-state index in [9.17, 15) is 10.1 Å². The van der Waals surface area contributed by atoms with Crippen LogP contribution in [0.4, 0.5) is 0 Å². The van der Waals surface area contributed by atoms with Crippen molar-refractivity contribution in [2.45, 2.75) is 38.2 Å². The van der Waals surface area contributed by atoms with Crippen molar-refractivity contribution in [3.8, 4) is 17.6 Å². The number of carbonyl (C=O) groups is 1. The number of halogens is 1. The molecule has 0 radical (unpaired) electrons. The summed E-state index contributed by atoms with van der Waals surface area (Å²) in [5.41, 5.74) is 4.28. The predicted octanol–water partition coefficient (Wildman–Crippen LogP) is 6.60. The molecule has 174 valence electrons. The summed E-state index contributed by atoms with van der Waals surface area (Å²) in [7, 11) is 0. The molecule has 0 spiro atoms. The Labute approximate surface area is 204 Å². The van der Waals surface area contributed by atoms with Gasteiger partial charge in [-0.05, 0) is 47.7 Å². The van der Waals surface area contributed by atoms with Crippen LogP contribution < -0.4 is 9.47 Å². The molecule has 0 bridgehead atoms. The molecule has 3 aromatic carbocycles. The SMILES string of the molecule is Cc1ccc(C(Cl)c2cccc(C(C#N)OC(=O)C(c3ccc4c(c3)OCO4)C(C)C)c2)cc1. The number of nitrogens with zero attached hydrogens (tertiary/aromatic N) is 1. The molecular weight excluding hydrogens is 450 g/mol. The number of aryl methyl sites for hydroxylation is 1. The fraction of sp³-hybridized carbons (Fsp3) is 0.286. The van der Waals surface area contributed by atoms with E-state index in [4.69, 9.17) is 25.8 Å². The van der Waals surface area contributed by atoms with E-state index < -0.39 is 18.0 Å². The van der Waals surface area contributed by atoms with Gasteiger partial charge in [0, 0.05) is 5.56 Å². The highest BCUT2D eigenvalue weighted by Gasteiger charge is 2.30. The third-order valence-electron chi connectivity index (χ3n) is 5.90. The van der Waals surface area contributed by atoms with Gasteiger partial charge in [0.25, 0.3) is 0 Å². The maximum absolute atomic E-state index is 13.2. The lowest BCUT2D eigenvalue weighted by molar-refractivity contribution is -0.150. The number of fused-ring (bicyclic) bond motifs is 1. The van der Waals surface area contributed by atoms with Crippen LogP contribution in [0.3, 0.4) is 0 Å². The Hall–Kier alpha value is -3.49. The van der Waals surface area contributed by atoms with Crippen LogP contribution in [0, 0.1) is 24.2 Å². The Bertz CT molecular complexity index is 1220. The van der Waals surface area contributed by atoms with Crippen LogP contribution in [-0.4, -0.2) is 12.8 Å². The van der Waals surface area contributed by atoms with E-state index in [1.54, 1.807) is 18.2 Å². The first kappa shape index (κ1) is 23.7. The van der Waals surface area contributed by atoms with Crippen LogP contribution in [-0.2, 0) is 9.53 Å². The lowest BCUT2D eigenvalue weighted by Gasteiger charge is -2.22.